The summed E-state index contributed by atoms with van der Waals surface area (Å²) >= 11 is 6.16. The molecule has 0 bridgehead atoms. The van der Waals surface area contributed by atoms with Crippen molar-refractivity contribution in [2.24, 2.45) is 0 Å². The number of nitrogens with one attached hydrogen (secondary N) is 1. The summed E-state index contributed by atoms with van der Waals surface area (Å²) in [6.07, 6.45) is -0.418. The highest BCUT2D eigenvalue weighted by atomic mass is 35.5. The average Bonchev–Trinajstić information content (AvgIpc) is 2.77. The lowest BCUT2D eigenvalue weighted by molar-refractivity contribution is 0.0141. The van der Waals surface area contributed by atoms with Crippen LogP contribution in [-0.4, -0.2) is 62.0 Å². The highest BCUT2D eigenvalue weighted by molar-refractivity contribution is 7.89. The van der Waals surface area contributed by atoms with E-state index in [1.165, 1.54) is 18.2 Å². The van der Waals surface area contributed by atoms with Crippen molar-refractivity contribution in [3.63, 3.8) is 0 Å². The minimum absolute atomic E-state index is 0.0295. The molecule has 1 heterocycles. The van der Waals surface area contributed by atoms with Crippen molar-refractivity contribution in [1.82, 2.24) is 14.5 Å². The topological polar surface area (TPSA) is 96.0 Å². The lowest BCUT2D eigenvalue weighted by atomic mass is 10.2. The second-order valence-electron chi connectivity index (χ2n) is 8.71. The highest BCUT2D eigenvalue weighted by Crippen LogP contribution is 2.24. The molecule has 1 aliphatic heterocycles. The molecule has 8 nitrogen and oxygen atoms in total. The first-order chi connectivity index (χ1) is 15.5. The van der Waals surface area contributed by atoms with Crippen molar-refractivity contribution in [2.75, 3.05) is 26.2 Å². The Kier molecular flexibility index (Phi) is 7.66. The molecule has 1 saturated heterocycles. The molecule has 33 heavy (non-hydrogen) atoms. The van der Waals surface area contributed by atoms with E-state index in [1.54, 1.807) is 42.7 Å². The van der Waals surface area contributed by atoms with Crippen molar-refractivity contribution in [2.45, 2.75) is 37.8 Å². The van der Waals surface area contributed by atoms with Crippen molar-refractivity contribution < 1.29 is 22.7 Å². The molecule has 1 N–H and O–H groups in total. The summed E-state index contributed by atoms with van der Waals surface area (Å²) in [5, 5.41) is 0.0295. The minimum Gasteiger partial charge on any atom is -0.444 e. The van der Waals surface area contributed by atoms with Crippen LogP contribution in [-0.2, 0) is 21.3 Å². The molecule has 0 saturated carbocycles. The third-order valence-electron chi connectivity index (χ3n) is 5.00. The monoisotopic (exact) mass is 493 g/mol. The predicted octanol–water partition coefficient (Wildman–Crippen LogP) is 3.51. The van der Waals surface area contributed by atoms with Crippen LogP contribution in [0.25, 0.3) is 0 Å². The van der Waals surface area contributed by atoms with Crippen LogP contribution in [0.5, 0.6) is 0 Å². The molecule has 0 aliphatic carbocycles. The zero-order valence-corrected chi connectivity index (χ0v) is 20.4. The van der Waals surface area contributed by atoms with Gasteiger partial charge >= 0.3 is 6.09 Å². The lowest BCUT2D eigenvalue weighted by Gasteiger charge is -2.35. The fourth-order valence-corrected chi connectivity index (χ4v) is 4.84. The fourth-order valence-electron chi connectivity index (χ4n) is 3.30. The van der Waals surface area contributed by atoms with E-state index in [9.17, 15) is 18.0 Å². The molecule has 2 amide bonds. The van der Waals surface area contributed by atoms with Gasteiger partial charge in [0.1, 0.15) is 10.5 Å². The number of amides is 2. The van der Waals surface area contributed by atoms with Gasteiger partial charge in [0, 0.05) is 38.3 Å². The Bertz CT molecular complexity index is 1110. The maximum absolute atomic E-state index is 13.0. The maximum atomic E-state index is 13.0. The number of halogens is 1. The summed E-state index contributed by atoms with van der Waals surface area (Å²) in [4.78, 5) is 28.2. The number of rotatable bonds is 5. The minimum atomic E-state index is -3.94. The van der Waals surface area contributed by atoms with Gasteiger partial charge in [-0.3, -0.25) is 4.79 Å². The van der Waals surface area contributed by atoms with Crippen molar-refractivity contribution >= 4 is 33.6 Å². The van der Waals surface area contributed by atoms with Gasteiger partial charge in [-0.05, 0) is 44.5 Å². The largest absolute Gasteiger partial charge is 0.444 e. The Labute approximate surface area is 199 Å². The Morgan fingerprint density at radius 3 is 2.21 bits per heavy atom. The van der Waals surface area contributed by atoms with Crippen LogP contribution < -0.4 is 4.72 Å². The summed E-state index contributed by atoms with van der Waals surface area (Å²) in [6.45, 7) is 6.78. The number of sulfonamides is 1. The van der Waals surface area contributed by atoms with Crippen LogP contribution in [0.1, 0.15) is 36.7 Å². The van der Waals surface area contributed by atoms with Gasteiger partial charge in [-0.2, -0.15) is 0 Å². The van der Waals surface area contributed by atoms with E-state index in [1.807, 2.05) is 18.2 Å². The number of piperazine rings is 1. The van der Waals surface area contributed by atoms with Gasteiger partial charge in [-0.1, -0.05) is 41.9 Å². The van der Waals surface area contributed by atoms with Gasteiger partial charge in [0.25, 0.3) is 5.91 Å². The summed E-state index contributed by atoms with van der Waals surface area (Å²) in [5.74, 6) is -0.324. The van der Waals surface area contributed by atoms with Gasteiger partial charge < -0.3 is 14.5 Å². The van der Waals surface area contributed by atoms with Gasteiger partial charge in [-0.25, -0.2) is 17.9 Å². The molecule has 0 atom stereocenters. The number of ether oxygens (including phenoxy) is 1. The molecule has 1 aliphatic rings. The molecule has 0 aromatic heterocycles. The van der Waals surface area contributed by atoms with Gasteiger partial charge in [0.05, 0.1) is 5.02 Å². The Morgan fingerprint density at radius 2 is 1.61 bits per heavy atom. The van der Waals surface area contributed by atoms with Gasteiger partial charge in [0.2, 0.25) is 10.0 Å². The smallest absolute Gasteiger partial charge is 0.410 e. The third-order valence-corrected chi connectivity index (χ3v) is 6.88. The van der Waals surface area contributed by atoms with Crippen LogP contribution in [0, 0.1) is 0 Å². The van der Waals surface area contributed by atoms with Crippen molar-refractivity contribution in [3.8, 4) is 0 Å². The molecule has 178 valence electrons. The predicted molar refractivity (Wildman–Crippen MR) is 126 cm³/mol. The molecule has 3 rings (SSSR count). The number of hydrogen-bond donors (Lipinski definition) is 1. The van der Waals surface area contributed by atoms with Crippen LogP contribution in [0.15, 0.2) is 53.4 Å². The standard InChI is InChI=1S/C23H28ClN3O5S/c1-23(2,3)32-22(29)27-13-11-26(12-14-27)21(28)18-9-10-19(24)20(15-18)33(30,31)25-16-17-7-5-4-6-8-17/h4-10,15,25H,11-14,16H2,1-3H3. The first kappa shape index (κ1) is 25.0. The van der Waals surface area contributed by atoms with E-state index in [4.69, 9.17) is 16.3 Å². The molecule has 1 fully saturated rings. The molecular weight excluding hydrogens is 466 g/mol. The highest BCUT2D eigenvalue weighted by Gasteiger charge is 2.29. The number of nitrogens with zero attached hydrogens (tertiary/aromatic N) is 2. The molecule has 2 aromatic carbocycles. The maximum Gasteiger partial charge on any atom is 0.410 e. The first-order valence-electron chi connectivity index (χ1n) is 10.6. The molecule has 0 spiro atoms. The number of benzene rings is 2. The van der Waals surface area contributed by atoms with Gasteiger partial charge in [-0.15, -0.1) is 0 Å². The van der Waals surface area contributed by atoms with E-state index in [0.29, 0.717) is 26.2 Å². The van der Waals surface area contributed by atoms with E-state index in [0.717, 1.165) is 5.56 Å². The van der Waals surface area contributed by atoms with Crippen LogP contribution in [0.3, 0.4) is 0 Å². The average molecular weight is 494 g/mol. The van der Waals surface area contributed by atoms with E-state index < -0.39 is 21.7 Å². The van der Waals surface area contributed by atoms with Crippen molar-refractivity contribution in [3.05, 3.63) is 64.7 Å². The van der Waals surface area contributed by atoms with Crippen LogP contribution >= 0.6 is 11.6 Å². The second-order valence-corrected chi connectivity index (χ2v) is 10.9. The van der Waals surface area contributed by atoms with Crippen LogP contribution in [0.4, 0.5) is 4.79 Å². The summed E-state index contributed by atoms with van der Waals surface area (Å²) in [5.41, 5.74) is 0.418. The Morgan fingerprint density at radius 1 is 1.00 bits per heavy atom. The van der Waals surface area contributed by atoms with Crippen molar-refractivity contribution in [1.29, 1.82) is 0 Å². The fraction of sp³-hybridized carbons (Fsp3) is 0.391. The van der Waals surface area contributed by atoms with Crippen LogP contribution in [0.2, 0.25) is 5.02 Å². The Hall–Kier alpha value is -2.62. The zero-order chi connectivity index (χ0) is 24.2. The quantitative estimate of drug-likeness (QED) is 0.687. The normalized spacial score (nSPS) is 14.8. The molecular formula is C23H28ClN3O5S. The Balaban J connectivity index is 1.67. The number of carbonyl (C=O) groups excluding carboxylic acids is 2. The number of carbonyl (C=O) groups is 2. The van der Waals surface area contributed by atoms with E-state index >= 15 is 0 Å². The molecule has 0 unspecified atom stereocenters. The lowest BCUT2D eigenvalue weighted by Crippen LogP contribution is -2.51. The second kappa shape index (κ2) is 10.1. The molecule has 2 aromatic rings. The zero-order valence-electron chi connectivity index (χ0n) is 18.9. The molecule has 10 heteroatoms. The summed E-state index contributed by atoms with van der Waals surface area (Å²) in [7, 11) is -3.94. The SMILES string of the molecule is CC(C)(C)OC(=O)N1CCN(C(=O)c2ccc(Cl)c(S(=O)(=O)NCc3ccccc3)c2)CC1. The van der Waals surface area contributed by atoms with E-state index in [-0.39, 0.29) is 27.9 Å². The summed E-state index contributed by atoms with van der Waals surface area (Å²) < 4.78 is 33.6. The first-order valence-corrected chi connectivity index (χ1v) is 12.4. The van der Waals surface area contributed by atoms with Gasteiger partial charge in [0.15, 0.2) is 0 Å². The van der Waals surface area contributed by atoms with E-state index in [2.05, 4.69) is 4.72 Å². The number of hydrogen-bond acceptors (Lipinski definition) is 5. The third kappa shape index (κ3) is 6.69. The summed E-state index contributed by atoms with van der Waals surface area (Å²) in [6, 6.07) is 13.3. The molecule has 0 radical (unpaired) electrons.